The number of nitriles is 1. The van der Waals surface area contributed by atoms with Crippen LogP contribution in [0.4, 0.5) is 5.13 Å². The molecule has 0 unspecified atom stereocenters. The molecule has 0 spiro atoms. The summed E-state index contributed by atoms with van der Waals surface area (Å²) in [6.07, 6.45) is 1.53. The first-order valence-corrected chi connectivity index (χ1v) is 12.0. The highest BCUT2D eigenvalue weighted by molar-refractivity contribution is 7.14. The van der Waals surface area contributed by atoms with E-state index < -0.39 is 5.91 Å². The standard InChI is InChI=1S/C28H23N3O4S/c1-33-23-11-13-25(14-12-23)35-16-15-34-24-9-7-20(8-10-24)17-22(18-29)27(32)31-28-30-26(19-36-28)21-5-3-2-4-6-21/h2-14,17,19H,15-16H2,1H3,(H,30,31,32). The fourth-order valence-electron chi connectivity index (χ4n) is 3.20. The third-order valence-corrected chi connectivity index (χ3v) is 5.79. The lowest BCUT2D eigenvalue weighted by Crippen LogP contribution is -2.13. The number of methoxy groups -OCH3 is 1. The number of carbonyl (C=O) groups is 1. The Hall–Kier alpha value is -4.61. The van der Waals surface area contributed by atoms with Gasteiger partial charge in [-0.05, 0) is 48.0 Å². The molecule has 7 nitrogen and oxygen atoms in total. The number of nitrogens with zero attached hydrogens (tertiary/aromatic N) is 2. The molecule has 0 saturated heterocycles. The quantitative estimate of drug-likeness (QED) is 0.169. The molecule has 0 aliphatic carbocycles. The number of nitrogens with one attached hydrogen (secondary N) is 1. The zero-order valence-electron chi connectivity index (χ0n) is 19.5. The van der Waals surface area contributed by atoms with E-state index in [-0.39, 0.29) is 5.57 Å². The van der Waals surface area contributed by atoms with Crippen LogP contribution in [0.5, 0.6) is 17.2 Å². The van der Waals surface area contributed by atoms with Crippen molar-refractivity contribution in [3.05, 3.63) is 95.4 Å². The summed E-state index contributed by atoms with van der Waals surface area (Å²) in [6, 6.07) is 26.1. The minimum Gasteiger partial charge on any atom is -0.497 e. The van der Waals surface area contributed by atoms with Crippen LogP contribution in [0.2, 0.25) is 0 Å². The zero-order valence-corrected chi connectivity index (χ0v) is 20.3. The predicted molar refractivity (Wildman–Crippen MR) is 140 cm³/mol. The number of amides is 1. The van der Waals surface area contributed by atoms with Crippen molar-refractivity contribution in [3.8, 4) is 34.6 Å². The molecule has 4 rings (SSSR count). The second-order valence-electron chi connectivity index (χ2n) is 7.47. The molecule has 1 amide bonds. The number of anilines is 1. The van der Waals surface area contributed by atoms with Crippen molar-refractivity contribution >= 4 is 28.5 Å². The van der Waals surface area contributed by atoms with Gasteiger partial charge in [-0.1, -0.05) is 42.5 Å². The Morgan fingerprint density at radius 3 is 2.17 bits per heavy atom. The van der Waals surface area contributed by atoms with Crippen LogP contribution in [-0.2, 0) is 4.79 Å². The number of aromatic nitrogens is 1. The first-order chi connectivity index (χ1) is 17.6. The predicted octanol–water partition coefficient (Wildman–Crippen LogP) is 5.82. The first kappa shape index (κ1) is 24.5. The van der Waals surface area contributed by atoms with Gasteiger partial charge < -0.3 is 14.2 Å². The third-order valence-electron chi connectivity index (χ3n) is 5.03. The number of rotatable bonds is 10. The largest absolute Gasteiger partial charge is 0.497 e. The highest BCUT2D eigenvalue weighted by atomic mass is 32.1. The van der Waals surface area contributed by atoms with Crippen LogP contribution in [0.1, 0.15) is 5.56 Å². The first-order valence-electron chi connectivity index (χ1n) is 11.1. The maximum Gasteiger partial charge on any atom is 0.268 e. The lowest BCUT2D eigenvalue weighted by molar-refractivity contribution is -0.112. The smallest absolute Gasteiger partial charge is 0.268 e. The minimum atomic E-state index is -0.512. The van der Waals surface area contributed by atoms with E-state index in [1.54, 1.807) is 31.4 Å². The van der Waals surface area contributed by atoms with Crippen LogP contribution in [-0.4, -0.2) is 31.2 Å². The Kier molecular flexibility index (Phi) is 8.31. The van der Waals surface area contributed by atoms with Gasteiger partial charge in [-0.15, -0.1) is 11.3 Å². The molecule has 0 atom stereocenters. The molecule has 180 valence electrons. The van der Waals surface area contributed by atoms with Gasteiger partial charge in [-0.25, -0.2) is 4.98 Å². The van der Waals surface area contributed by atoms with E-state index in [4.69, 9.17) is 14.2 Å². The summed E-state index contributed by atoms with van der Waals surface area (Å²) in [6.45, 7) is 0.751. The Morgan fingerprint density at radius 1 is 0.944 bits per heavy atom. The molecule has 0 aliphatic heterocycles. The Balaban J connectivity index is 1.29. The van der Waals surface area contributed by atoms with E-state index in [1.807, 2.05) is 66.0 Å². The van der Waals surface area contributed by atoms with E-state index in [0.717, 1.165) is 22.8 Å². The second kappa shape index (κ2) is 12.2. The molecule has 3 aromatic carbocycles. The molecule has 1 heterocycles. The van der Waals surface area contributed by atoms with E-state index in [0.29, 0.717) is 29.7 Å². The average Bonchev–Trinajstić information content (AvgIpc) is 3.39. The van der Waals surface area contributed by atoms with Crippen LogP contribution in [0.15, 0.2) is 89.8 Å². The van der Waals surface area contributed by atoms with Crippen molar-refractivity contribution in [3.63, 3.8) is 0 Å². The van der Waals surface area contributed by atoms with Gasteiger partial charge in [0.2, 0.25) is 0 Å². The number of benzene rings is 3. The minimum absolute atomic E-state index is 0.0204. The van der Waals surface area contributed by atoms with E-state index >= 15 is 0 Å². The summed E-state index contributed by atoms with van der Waals surface area (Å²) in [5, 5.41) is 14.5. The summed E-state index contributed by atoms with van der Waals surface area (Å²) in [5.41, 5.74) is 2.41. The molecule has 0 fully saturated rings. The Bertz CT molecular complexity index is 1360. The topological polar surface area (TPSA) is 93.5 Å². The fourth-order valence-corrected chi connectivity index (χ4v) is 3.92. The molecule has 4 aromatic rings. The van der Waals surface area contributed by atoms with E-state index in [1.165, 1.54) is 17.4 Å². The molecule has 36 heavy (non-hydrogen) atoms. The fraction of sp³-hybridized carbons (Fsp3) is 0.107. The molecular formula is C28H23N3O4S. The van der Waals surface area contributed by atoms with Gasteiger partial charge in [-0.3, -0.25) is 10.1 Å². The lowest BCUT2D eigenvalue weighted by atomic mass is 10.1. The van der Waals surface area contributed by atoms with Gasteiger partial charge in [0.1, 0.15) is 42.1 Å². The van der Waals surface area contributed by atoms with Crippen LogP contribution >= 0.6 is 11.3 Å². The van der Waals surface area contributed by atoms with Crippen molar-refractivity contribution in [2.75, 3.05) is 25.6 Å². The summed E-state index contributed by atoms with van der Waals surface area (Å²) in [7, 11) is 1.62. The van der Waals surface area contributed by atoms with Crippen molar-refractivity contribution in [2.24, 2.45) is 0 Å². The van der Waals surface area contributed by atoms with E-state index in [2.05, 4.69) is 10.3 Å². The third kappa shape index (κ3) is 6.72. The second-order valence-corrected chi connectivity index (χ2v) is 8.33. The van der Waals surface area contributed by atoms with Crippen LogP contribution in [0.3, 0.4) is 0 Å². The molecule has 0 aliphatic rings. The summed E-state index contributed by atoms with van der Waals surface area (Å²) >= 11 is 1.31. The van der Waals surface area contributed by atoms with Crippen LogP contribution in [0, 0.1) is 11.3 Å². The molecule has 1 aromatic heterocycles. The molecule has 0 bridgehead atoms. The monoisotopic (exact) mass is 497 g/mol. The van der Waals surface area contributed by atoms with Crippen molar-refractivity contribution < 1.29 is 19.0 Å². The van der Waals surface area contributed by atoms with Crippen molar-refractivity contribution in [1.29, 1.82) is 5.26 Å². The summed E-state index contributed by atoms with van der Waals surface area (Å²) < 4.78 is 16.5. The SMILES string of the molecule is COc1ccc(OCCOc2ccc(C=C(C#N)C(=O)Nc3nc(-c4ccccc4)cs3)cc2)cc1. The lowest BCUT2D eigenvalue weighted by Gasteiger charge is -2.09. The summed E-state index contributed by atoms with van der Waals surface area (Å²) in [5.74, 6) is 1.65. The zero-order chi connectivity index (χ0) is 25.2. The maximum atomic E-state index is 12.6. The number of hydrogen-bond donors (Lipinski definition) is 1. The van der Waals surface area contributed by atoms with Gasteiger partial charge in [-0.2, -0.15) is 5.26 Å². The van der Waals surface area contributed by atoms with E-state index in [9.17, 15) is 10.1 Å². The number of ether oxygens (including phenoxy) is 3. The van der Waals surface area contributed by atoms with Gasteiger partial charge in [0.25, 0.3) is 5.91 Å². The average molecular weight is 498 g/mol. The van der Waals surface area contributed by atoms with Gasteiger partial charge in [0.15, 0.2) is 5.13 Å². The normalized spacial score (nSPS) is 10.8. The number of carbonyl (C=O) groups excluding carboxylic acids is 1. The molecule has 1 N–H and O–H groups in total. The highest BCUT2D eigenvalue weighted by Crippen LogP contribution is 2.25. The van der Waals surface area contributed by atoms with Gasteiger partial charge in [0, 0.05) is 10.9 Å². The summed E-state index contributed by atoms with van der Waals surface area (Å²) in [4.78, 5) is 17.0. The van der Waals surface area contributed by atoms with Gasteiger partial charge in [0.05, 0.1) is 12.8 Å². The molecular weight excluding hydrogens is 474 g/mol. The Morgan fingerprint density at radius 2 is 1.56 bits per heavy atom. The van der Waals surface area contributed by atoms with Gasteiger partial charge >= 0.3 is 0 Å². The molecule has 0 saturated carbocycles. The van der Waals surface area contributed by atoms with Crippen LogP contribution in [0.25, 0.3) is 17.3 Å². The highest BCUT2D eigenvalue weighted by Gasteiger charge is 2.12. The molecule has 8 heteroatoms. The number of hydrogen-bond acceptors (Lipinski definition) is 7. The maximum absolute atomic E-state index is 12.6. The van der Waals surface area contributed by atoms with Crippen molar-refractivity contribution in [2.45, 2.75) is 0 Å². The van der Waals surface area contributed by atoms with Crippen LogP contribution < -0.4 is 19.5 Å². The molecule has 0 radical (unpaired) electrons. The van der Waals surface area contributed by atoms with Crippen molar-refractivity contribution in [1.82, 2.24) is 4.98 Å². The Labute approximate surface area is 213 Å². The number of thiazole rings is 1.